The first-order chi connectivity index (χ1) is 13.5. The SMILES string of the molecule is Cl.FC(F)(F)c1ccc(-c2ccc([C@H](c3cccs3)N3CCNCC3)cc2)cc1. The molecule has 7 heteroatoms. The predicted molar refractivity (Wildman–Crippen MR) is 115 cm³/mol. The van der Waals surface area contributed by atoms with Gasteiger partial charge in [0, 0.05) is 31.1 Å². The lowest BCUT2D eigenvalue weighted by molar-refractivity contribution is -0.137. The minimum Gasteiger partial charge on any atom is -0.314 e. The van der Waals surface area contributed by atoms with E-state index < -0.39 is 11.7 Å². The molecule has 1 aliphatic rings. The van der Waals surface area contributed by atoms with E-state index in [9.17, 15) is 13.2 Å². The minimum absolute atomic E-state index is 0. The van der Waals surface area contributed by atoms with E-state index in [0.717, 1.165) is 49.4 Å². The van der Waals surface area contributed by atoms with Crippen molar-refractivity contribution >= 4 is 23.7 Å². The maximum absolute atomic E-state index is 12.8. The quantitative estimate of drug-likeness (QED) is 0.549. The molecule has 1 atom stereocenters. The van der Waals surface area contributed by atoms with Crippen LogP contribution in [0, 0.1) is 0 Å². The molecule has 3 aromatic rings. The number of hydrogen-bond acceptors (Lipinski definition) is 3. The van der Waals surface area contributed by atoms with E-state index in [2.05, 4.69) is 39.9 Å². The maximum atomic E-state index is 12.8. The highest BCUT2D eigenvalue weighted by atomic mass is 35.5. The zero-order valence-electron chi connectivity index (χ0n) is 15.7. The standard InChI is InChI=1S/C22H21F3N2S.ClH/c23-22(24,25)19-9-7-17(8-10-19)16-3-5-18(6-4-16)21(20-2-1-15-28-20)27-13-11-26-12-14-27;/h1-10,15,21,26H,11-14H2;1H/t21-;/m1./s1. The van der Waals surface area contributed by atoms with Gasteiger partial charge in [0.2, 0.25) is 0 Å². The van der Waals surface area contributed by atoms with Gasteiger partial charge in [0.05, 0.1) is 11.6 Å². The van der Waals surface area contributed by atoms with Crippen LogP contribution in [0.4, 0.5) is 13.2 Å². The van der Waals surface area contributed by atoms with Gasteiger partial charge in [-0.2, -0.15) is 13.2 Å². The fourth-order valence-corrected chi connectivity index (χ4v) is 4.54. The lowest BCUT2D eigenvalue weighted by Gasteiger charge is -2.34. The summed E-state index contributed by atoms with van der Waals surface area (Å²) in [6.45, 7) is 3.93. The van der Waals surface area contributed by atoms with Gasteiger partial charge in [-0.05, 0) is 40.3 Å². The summed E-state index contributed by atoms with van der Waals surface area (Å²) in [6.07, 6.45) is -4.31. The van der Waals surface area contributed by atoms with E-state index in [1.807, 2.05) is 12.1 Å². The Morgan fingerprint density at radius 3 is 1.97 bits per heavy atom. The molecule has 2 aromatic carbocycles. The Bertz CT molecular complexity index is 887. The number of thiophene rings is 1. The van der Waals surface area contributed by atoms with Gasteiger partial charge < -0.3 is 5.32 Å². The first kappa shape index (κ1) is 21.8. The molecule has 1 saturated heterocycles. The Kier molecular flexibility index (Phi) is 7.01. The van der Waals surface area contributed by atoms with Gasteiger partial charge in [0.15, 0.2) is 0 Å². The number of halogens is 4. The Labute approximate surface area is 178 Å². The predicted octanol–water partition coefficient (Wildman–Crippen LogP) is 5.85. The van der Waals surface area contributed by atoms with Crippen LogP contribution in [0.2, 0.25) is 0 Å². The summed E-state index contributed by atoms with van der Waals surface area (Å²) in [6, 6.07) is 18.0. The van der Waals surface area contributed by atoms with Crippen LogP contribution in [0.5, 0.6) is 0 Å². The third kappa shape index (κ3) is 5.01. The molecule has 2 heterocycles. The van der Waals surface area contributed by atoms with Crippen molar-refractivity contribution in [2.45, 2.75) is 12.2 Å². The molecule has 0 saturated carbocycles. The second-order valence-corrected chi connectivity index (χ2v) is 7.88. The molecule has 0 amide bonds. The van der Waals surface area contributed by atoms with Crippen LogP contribution in [0.3, 0.4) is 0 Å². The maximum Gasteiger partial charge on any atom is 0.416 e. The topological polar surface area (TPSA) is 15.3 Å². The molecule has 1 fully saturated rings. The van der Waals surface area contributed by atoms with E-state index in [1.54, 1.807) is 11.3 Å². The van der Waals surface area contributed by atoms with Gasteiger partial charge in [-0.1, -0.05) is 42.5 Å². The molecule has 0 bridgehead atoms. The summed E-state index contributed by atoms with van der Waals surface area (Å²) in [5.74, 6) is 0. The van der Waals surface area contributed by atoms with E-state index in [0.29, 0.717) is 0 Å². The molecular formula is C22H22ClF3N2S. The molecule has 1 aliphatic heterocycles. The van der Waals surface area contributed by atoms with E-state index in [1.165, 1.54) is 22.6 Å². The van der Waals surface area contributed by atoms with Gasteiger partial charge in [-0.25, -0.2) is 0 Å². The smallest absolute Gasteiger partial charge is 0.314 e. The number of alkyl halides is 3. The molecule has 4 rings (SSSR count). The molecule has 0 unspecified atom stereocenters. The summed E-state index contributed by atoms with van der Waals surface area (Å²) in [7, 11) is 0. The van der Waals surface area contributed by atoms with Crippen LogP contribution in [0.25, 0.3) is 11.1 Å². The van der Waals surface area contributed by atoms with Crippen LogP contribution >= 0.6 is 23.7 Å². The van der Waals surface area contributed by atoms with Gasteiger partial charge >= 0.3 is 6.18 Å². The summed E-state index contributed by atoms with van der Waals surface area (Å²) in [5.41, 5.74) is 2.29. The highest BCUT2D eigenvalue weighted by Crippen LogP contribution is 2.34. The second-order valence-electron chi connectivity index (χ2n) is 6.90. The molecule has 154 valence electrons. The van der Waals surface area contributed by atoms with Crippen LogP contribution < -0.4 is 5.32 Å². The number of nitrogens with zero attached hydrogens (tertiary/aromatic N) is 1. The number of nitrogens with one attached hydrogen (secondary N) is 1. The Balaban J connectivity index is 0.00000240. The Hall–Kier alpha value is -1.86. The largest absolute Gasteiger partial charge is 0.416 e. The fraction of sp³-hybridized carbons (Fsp3) is 0.273. The van der Waals surface area contributed by atoms with E-state index >= 15 is 0 Å². The lowest BCUT2D eigenvalue weighted by Crippen LogP contribution is -2.45. The number of hydrogen-bond donors (Lipinski definition) is 1. The average molecular weight is 439 g/mol. The lowest BCUT2D eigenvalue weighted by atomic mass is 9.98. The van der Waals surface area contributed by atoms with Crippen molar-refractivity contribution in [1.82, 2.24) is 10.2 Å². The number of piperazine rings is 1. The monoisotopic (exact) mass is 438 g/mol. The van der Waals surface area contributed by atoms with Gasteiger partial charge in [-0.15, -0.1) is 23.7 Å². The summed E-state index contributed by atoms with van der Waals surface area (Å²) >= 11 is 1.76. The molecule has 0 spiro atoms. The number of rotatable bonds is 4. The van der Waals surface area contributed by atoms with Crippen molar-refractivity contribution in [1.29, 1.82) is 0 Å². The average Bonchev–Trinajstić information content (AvgIpc) is 3.23. The highest BCUT2D eigenvalue weighted by molar-refractivity contribution is 7.10. The highest BCUT2D eigenvalue weighted by Gasteiger charge is 2.30. The van der Waals surface area contributed by atoms with E-state index in [-0.39, 0.29) is 18.4 Å². The van der Waals surface area contributed by atoms with Crippen molar-refractivity contribution in [2.24, 2.45) is 0 Å². The Morgan fingerprint density at radius 1 is 0.862 bits per heavy atom. The number of benzene rings is 2. The van der Waals surface area contributed by atoms with Gasteiger partial charge in [0.1, 0.15) is 0 Å². The van der Waals surface area contributed by atoms with Crippen molar-refractivity contribution in [3.63, 3.8) is 0 Å². The molecule has 2 nitrogen and oxygen atoms in total. The van der Waals surface area contributed by atoms with Crippen molar-refractivity contribution < 1.29 is 13.2 Å². The van der Waals surface area contributed by atoms with Crippen LogP contribution in [-0.4, -0.2) is 31.1 Å². The molecule has 29 heavy (non-hydrogen) atoms. The van der Waals surface area contributed by atoms with Crippen LogP contribution in [-0.2, 0) is 6.18 Å². The minimum atomic E-state index is -4.31. The normalized spacial score (nSPS) is 16.2. The Morgan fingerprint density at radius 2 is 1.45 bits per heavy atom. The van der Waals surface area contributed by atoms with Gasteiger partial charge in [-0.3, -0.25) is 4.90 Å². The molecule has 0 radical (unpaired) electrons. The van der Waals surface area contributed by atoms with Crippen molar-refractivity contribution in [2.75, 3.05) is 26.2 Å². The van der Waals surface area contributed by atoms with Crippen molar-refractivity contribution in [3.8, 4) is 11.1 Å². The zero-order valence-corrected chi connectivity index (χ0v) is 17.3. The van der Waals surface area contributed by atoms with Gasteiger partial charge in [0.25, 0.3) is 0 Å². The van der Waals surface area contributed by atoms with E-state index in [4.69, 9.17) is 0 Å². The second kappa shape index (κ2) is 9.30. The molecular weight excluding hydrogens is 417 g/mol. The third-order valence-corrected chi connectivity index (χ3v) is 6.03. The molecule has 1 N–H and O–H groups in total. The van der Waals surface area contributed by atoms with Crippen LogP contribution in [0.1, 0.15) is 22.0 Å². The summed E-state index contributed by atoms with van der Waals surface area (Å²) in [5, 5.41) is 5.49. The van der Waals surface area contributed by atoms with Crippen molar-refractivity contribution in [3.05, 3.63) is 82.0 Å². The first-order valence-electron chi connectivity index (χ1n) is 9.28. The summed E-state index contributed by atoms with van der Waals surface area (Å²) in [4.78, 5) is 3.79. The fourth-order valence-electron chi connectivity index (χ4n) is 3.65. The first-order valence-corrected chi connectivity index (χ1v) is 10.2. The molecule has 0 aliphatic carbocycles. The summed E-state index contributed by atoms with van der Waals surface area (Å²) < 4.78 is 38.3. The zero-order chi connectivity index (χ0) is 19.6. The third-order valence-electron chi connectivity index (χ3n) is 5.10. The van der Waals surface area contributed by atoms with Crippen LogP contribution in [0.15, 0.2) is 66.0 Å². The molecule has 1 aromatic heterocycles.